The van der Waals surface area contributed by atoms with Crippen molar-refractivity contribution < 1.29 is 19.1 Å². The molecule has 0 bridgehead atoms. The highest BCUT2D eigenvalue weighted by Crippen LogP contribution is 2.40. The minimum absolute atomic E-state index is 0.172. The average molecular weight is 444 g/mol. The number of hydrogen-bond acceptors (Lipinski definition) is 4. The molecule has 1 aliphatic rings. The van der Waals surface area contributed by atoms with Gasteiger partial charge in [0.05, 0.1) is 11.1 Å². The van der Waals surface area contributed by atoms with E-state index >= 15 is 0 Å². The molecule has 0 radical (unpaired) electrons. The Hall–Kier alpha value is -3.60. The first-order valence-corrected chi connectivity index (χ1v) is 11.3. The predicted molar refractivity (Wildman–Crippen MR) is 132 cm³/mol. The number of aryl methyl sites for hydroxylation is 1. The normalized spacial score (nSPS) is 14.3. The van der Waals surface area contributed by atoms with Crippen LogP contribution >= 0.6 is 0 Å². The maximum atomic E-state index is 13.1. The Morgan fingerprint density at radius 1 is 1.15 bits per heavy atom. The highest BCUT2D eigenvalue weighted by molar-refractivity contribution is 6.10. The van der Waals surface area contributed by atoms with Crippen LogP contribution in [0, 0.1) is 0 Å². The molecule has 5 heteroatoms. The zero-order valence-electron chi connectivity index (χ0n) is 19.6. The fraction of sp³-hybridized carbons (Fsp3) is 0.286. The van der Waals surface area contributed by atoms with E-state index in [-0.39, 0.29) is 11.8 Å². The zero-order valence-corrected chi connectivity index (χ0v) is 19.6. The van der Waals surface area contributed by atoms with Gasteiger partial charge >= 0.3 is 5.97 Å². The molecule has 33 heavy (non-hydrogen) atoms. The number of esters is 1. The third-order valence-electron chi connectivity index (χ3n) is 5.73. The Labute approximate surface area is 194 Å². The number of rotatable bonds is 7. The molecule has 0 fully saturated rings. The van der Waals surface area contributed by atoms with Crippen LogP contribution in [0.2, 0.25) is 0 Å². The van der Waals surface area contributed by atoms with Crippen LogP contribution in [-0.4, -0.2) is 21.9 Å². The van der Waals surface area contributed by atoms with E-state index in [9.17, 15) is 9.59 Å². The van der Waals surface area contributed by atoms with Crippen LogP contribution in [0.15, 0.2) is 54.7 Å². The second-order valence-corrected chi connectivity index (χ2v) is 8.91. The number of hydrogen-bond donors (Lipinski definition) is 0. The van der Waals surface area contributed by atoms with Gasteiger partial charge in [-0.3, -0.25) is 9.59 Å². The quantitative estimate of drug-likeness (QED) is 0.185. The molecule has 0 spiro atoms. The van der Waals surface area contributed by atoms with Gasteiger partial charge in [-0.1, -0.05) is 25.5 Å². The molecule has 170 valence electrons. The Morgan fingerprint density at radius 2 is 1.97 bits per heavy atom. The lowest BCUT2D eigenvalue weighted by atomic mass is 9.97. The molecule has 0 saturated carbocycles. The number of allylic oxidation sites excluding steroid dienone is 1. The number of fused-ring (bicyclic) bond motifs is 2. The van der Waals surface area contributed by atoms with Crippen molar-refractivity contribution in [1.29, 1.82) is 0 Å². The summed E-state index contributed by atoms with van der Waals surface area (Å²) in [4.78, 5) is 25.3. The largest absolute Gasteiger partial charge is 0.482 e. The number of ketones is 1. The Bertz CT molecular complexity index is 1280. The molecule has 0 N–H and O–H groups in total. The molecule has 0 saturated heterocycles. The number of carbonyl (C=O) groups excluding carboxylic acids is 2. The third-order valence-corrected chi connectivity index (χ3v) is 5.73. The van der Waals surface area contributed by atoms with Crippen molar-refractivity contribution in [2.24, 2.45) is 7.05 Å². The maximum absolute atomic E-state index is 13.1. The van der Waals surface area contributed by atoms with Crippen LogP contribution < -0.4 is 9.47 Å². The van der Waals surface area contributed by atoms with E-state index in [0.29, 0.717) is 29.0 Å². The van der Waals surface area contributed by atoms with Crippen molar-refractivity contribution in [1.82, 2.24) is 4.57 Å². The van der Waals surface area contributed by atoms with E-state index in [4.69, 9.17) is 9.47 Å². The molecule has 2 aromatic carbocycles. The van der Waals surface area contributed by atoms with Gasteiger partial charge < -0.3 is 14.0 Å². The van der Waals surface area contributed by atoms with Crippen LogP contribution in [0.5, 0.6) is 11.5 Å². The summed E-state index contributed by atoms with van der Waals surface area (Å²) < 4.78 is 13.8. The van der Waals surface area contributed by atoms with Gasteiger partial charge in [-0.05, 0) is 74.4 Å². The summed E-state index contributed by atoms with van der Waals surface area (Å²) in [6, 6.07) is 11.5. The van der Waals surface area contributed by atoms with Crippen molar-refractivity contribution in [3.8, 4) is 11.5 Å². The van der Waals surface area contributed by atoms with E-state index < -0.39 is 5.60 Å². The van der Waals surface area contributed by atoms with Gasteiger partial charge in [-0.25, -0.2) is 0 Å². The van der Waals surface area contributed by atoms with E-state index in [0.717, 1.165) is 29.3 Å². The number of unbranched alkanes of at least 4 members (excludes halogenated alkanes) is 1. The van der Waals surface area contributed by atoms with Crippen LogP contribution in [0.3, 0.4) is 0 Å². The molecule has 0 aliphatic carbocycles. The molecule has 0 atom stereocenters. The molecular formula is C28H29NO4. The summed E-state index contributed by atoms with van der Waals surface area (Å²) in [5, 5.41) is 1.12. The summed E-state index contributed by atoms with van der Waals surface area (Å²) in [5.41, 5.74) is 2.56. The first-order valence-electron chi connectivity index (χ1n) is 11.3. The minimum atomic E-state index is -0.574. The number of carbonyl (C=O) groups is 2. The highest BCUT2D eigenvalue weighted by atomic mass is 16.5. The molecule has 0 unspecified atom stereocenters. The third kappa shape index (κ3) is 4.92. The summed E-state index contributed by atoms with van der Waals surface area (Å²) in [6.07, 6.45) is 11.2. The van der Waals surface area contributed by atoms with Gasteiger partial charge in [0.2, 0.25) is 0 Å². The Kier molecular flexibility index (Phi) is 6.23. The topological polar surface area (TPSA) is 57.5 Å². The van der Waals surface area contributed by atoms with Gasteiger partial charge in [0.1, 0.15) is 17.1 Å². The van der Waals surface area contributed by atoms with E-state index in [1.807, 2.05) is 70.4 Å². The molecular weight excluding hydrogens is 414 g/mol. The first-order chi connectivity index (χ1) is 15.8. The number of benzene rings is 2. The van der Waals surface area contributed by atoms with Gasteiger partial charge in [-0.15, -0.1) is 0 Å². The zero-order chi connectivity index (χ0) is 23.6. The lowest BCUT2D eigenvalue weighted by Gasteiger charge is -2.29. The van der Waals surface area contributed by atoms with Crippen LogP contribution in [0.1, 0.15) is 61.5 Å². The van der Waals surface area contributed by atoms with Crippen molar-refractivity contribution >= 4 is 34.8 Å². The fourth-order valence-electron chi connectivity index (χ4n) is 3.87. The van der Waals surface area contributed by atoms with Crippen LogP contribution in [0.25, 0.3) is 23.1 Å². The number of nitrogens with zero attached hydrogens (tertiary/aromatic N) is 1. The Morgan fingerprint density at radius 3 is 2.76 bits per heavy atom. The van der Waals surface area contributed by atoms with Gasteiger partial charge in [0, 0.05) is 30.6 Å². The molecule has 1 aliphatic heterocycles. The lowest BCUT2D eigenvalue weighted by molar-refractivity contribution is -0.134. The summed E-state index contributed by atoms with van der Waals surface area (Å²) in [5.74, 6) is 0.395. The summed E-state index contributed by atoms with van der Waals surface area (Å²) in [7, 11) is 2.01. The fourth-order valence-corrected chi connectivity index (χ4v) is 3.87. The van der Waals surface area contributed by atoms with E-state index in [1.165, 1.54) is 0 Å². The SMILES string of the molecule is CCCCC(=O)Oc1ccc(C(=O)/C=C/c2ccc3c(ccn3C)c2)c2c1C=CC(C)(C)O2. The van der Waals surface area contributed by atoms with Gasteiger partial charge in [0.15, 0.2) is 5.78 Å². The van der Waals surface area contributed by atoms with E-state index in [2.05, 4.69) is 10.6 Å². The van der Waals surface area contributed by atoms with Crippen LogP contribution in [-0.2, 0) is 11.8 Å². The molecule has 0 amide bonds. The molecule has 1 aromatic heterocycles. The number of aromatic nitrogens is 1. The van der Waals surface area contributed by atoms with Crippen molar-refractivity contribution in [3.63, 3.8) is 0 Å². The smallest absolute Gasteiger partial charge is 0.311 e. The molecule has 2 heterocycles. The first kappa shape index (κ1) is 22.6. The average Bonchev–Trinajstić information content (AvgIpc) is 3.15. The maximum Gasteiger partial charge on any atom is 0.311 e. The lowest BCUT2D eigenvalue weighted by Crippen LogP contribution is -2.29. The minimum Gasteiger partial charge on any atom is -0.482 e. The molecule has 3 aromatic rings. The summed E-state index contributed by atoms with van der Waals surface area (Å²) >= 11 is 0. The summed E-state index contributed by atoms with van der Waals surface area (Å²) in [6.45, 7) is 5.87. The number of ether oxygens (including phenoxy) is 2. The van der Waals surface area contributed by atoms with E-state index in [1.54, 1.807) is 18.2 Å². The van der Waals surface area contributed by atoms with Crippen molar-refractivity contribution in [2.45, 2.75) is 45.6 Å². The standard InChI is InChI=1S/C28H29NO4/c1-5-6-7-26(31)32-25-13-10-21(27-22(25)14-16-28(2,3)33-27)24(30)12-9-19-8-11-23-20(18-19)15-17-29(23)4/h8-18H,5-7H2,1-4H3/b12-9+. The monoisotopic (exact) mass is 443 g/mol. The van der Waals surface area contributed by atoms with Gasteiger partial charge in [-0.2, -0.15) is 0 Å². The predicted octanol–water partition coefficient (Wildman–Crippen LogP) is 6.35. The van der Waals surface area contributed by atoms with Crippen molar-refractivity contribution in [3.05, 3.63) is 71.4 Å². The second-order valence-electron chi connectivity index (χ2n) is 8.91. The second kappa shape index (κ2) is 9.10. The van der Waals surface area contributed by atoms with Crippen LogP contribution in [0.4, 0.5) is 0 Å². The van der Waals surface area contributed by atoms with Crippen molar-refractivity contribution in [2.75, 3.05) is 0 Å². The highest BCUT2D eigenvalue weighted by Gasteiger charge is 2.28. The van der Waals surface area contributed by atoms with Gasteiger partial charge in [0.25, 0.3) is 0 Å². The Balaban J connectivity index is 1.63. The molecule has 4 rings (SSSR count). The molecule has 5 nitrogen and oxygen atoms in total.